The van der Waals surface area contributed by atoms with Crippen molar-refractivity contribution in [3.63, 3.8) is 0 Å². The van der Waals surface area contributed by atoms with Crippen molar-refractivity contribution >= 4 is 11.7 Å². The van der Waals surface area contributed by atoms with Crippen molar-refractivity contribution in [2.24, 2.45) is 0 Å². The predicted octanol–water partition coefficient (Wildman–Crippen LogP) is 2.53. The van der Waals surface area contributed by atoms with Crippen LogP contribution in [0.1, 0.15) is 15.9 Å². The molecule has 2 rings (SSSR count). The van der Waals surface area contributed by atoms with Crippen LogP contribution in [0.3, 0.4) is 0 Å². The minimum atomic E-state index is -2.04. The summed E-state index contributed by atoms with van der Waals surface area (Å²) in [6.45, 7) is 1.60. The van der Waals surface area contributed by atoms with Gasteiger partial charge in [-0.2, -0.15) is 5.10 Å². The molecule has 0 saturated heterocycles. The van der Waals surface area contributed by atoms with Crippen LogP contribution in [0, 0.1) is 30.2 Å². The summed E-state index contributed by atoms with van der Waals surface area (Å²) in [5.41, 5.74) is -0.401. The van der Waals surface area contributed by atoms with Gasteiger partial charge in [0.25, 0.3) is 5.91 Å². The number of amides is 1. The summed E-state index contributed by atoms with van der Waals surface area (Å²) in [6, 6.07) is 0.286. The molecule has 1 aromatic carbocycles. The van der Waals surface area contributed by atoms with Gasteiger partial charge < -0.3 is 5.32 Å². The predicted molar refractivity (Wildman–Crippen MR) is 57.6 cm³/mol. The highest BCUT2D eigenvalue weighted by atomic mass is 19.2. The topological polar surface area (TPSA) is 57.8 Å². The van der Waals surface area contributed by atoms with Crippen molar-refractivity contribution in [1.82, 2.24) is 10.2 Å². The number of anilines is 1. The van der Waals surface area contributed by atoms with Gasteiger partial charge in [0, 0.05) is 5.56 Å². The van der Waals surface area contributed by atoms with Crippen LogP contribution in [-0.4, -0.2) is 16.1 Å². The first-order valence-electron chi connectivity index (χ1n) is 5.06. The van der Waals surface area contributed by atoms with Crippen molar-refractivity contribution in [2.45, 2.75) is 6.92 Å². The van der Waals surface area contributed by atoms with Crippen LogP contribution in [-0.2, 0) is 0 Å². The second-order valence-electron chi connectivity index (χ2n) is 3.73. The molecule has 0 fully saturated rings. The Balaban J connectivity index is 2.37. The number of aromatic amines is 1. The SMILES string of the molecule is Cc1cn[nH]c1NC(=O)c1cc(F)c(F)c(F)c1F. The molecule has 2 aromatic rings. The van der Waals surface area contributed by atoms with E-state index in [0.717, 1.165) is 0 Å². The lowest BCUT2D eigenvalue weighted by Crippen LogP contribution is -2.17. The van der Waals surface area contributed by atoms with Crippen molar-refractivity contribution in [1.29, 1.82) is 0 Å². The number of benzene rings is 1. The van der Waals surface area contributed by atoms with Crippen LogP contribution in [0.15, 0.2) is 12.3 Å². The van der Waals surface area contributed by atoms with Crippen LogP contribution in [0.2, 0.25) is 0 Å². The number of rotatable bonds is 2. The van der Waals surface area contributed by atoms with Crippen LogP contribution >= 0.6 is 0 Å². The Bertz CT molecular complexity index is 654. The molecule has 19 heavy (non-hydrogen) atoms. The summed E-state index contributed by atoms with van der Waals surface area (Å²) >= 11 is 0. The molecule has 100 valence electrons. The van der Waals surface area contributed by atoms with Crippen molar-refractivity contribution in [2.75, 3.05) is 5.32 Å². The van der Waals surface area contributed by atoms with Crippen molar-refractivity contribution in [3.05, 3.63) is 46.7 Å². The number of hydrogen-bond acceptors (Lipinski definition) is 2. The van der Waals surface area contributed by atoms with E-state index in [4.69, 9.17) is 0 Å². The number of H-pyrrole nitrogens is 1. The lowest BCUT2D eigenvalue weighted by molar-refractivity contribution is 0.102. The van der Waals surface area contributed by atoms with E-state index in [1.54, 1.807) is 6.92 Å². The van der Waals surface area contributed by atoms with Crippen LogP contribution < -0.4 is 5.32 Å². The van der Waals surface area contributed by atoms with E-state index in [9.17, 15) is 22.4 Å². The fourth-order valence-corrected chi connectivity index (χ4v) is 1.39. The molecule has 1 heterocycles. The van der Waals surface area contributed by atoms with E-state index in [1.807, 2.05) is 0 Å². The molecular weight excluding hydrogens is 266 g/mol. The second kappa shape index (κ2) is 4.71. The first-order chi connectivity index (χ1) is 8.91. The van der Waals surface area contributed by atoms with E-state index < -0.39 is 34.7 Å². The summed E-state index contributed by atoms with van der Waals surface area (Å²) in [5.74, 6) is -8.38. The smallest absolute Gasteiger partial charge is 0.260 e. The normalized spacial score (nSPS) is 10.6. The Kier molecular flexibility index (Phi) is 3.24. The van der Waals surface area contributed by atoms with Gasteiger partial charge in [-0.1, -0.05) is 0 Å². The number of nitrogens with zero attached hydrogens (tertiary/aromatic N) is 1. The van der Waals surface area contributed by atoms with Gasteiger partial charge in [0.05, 0.1) is 11.8 Å². The number of hydrogen-bond donors (Lipinski definition) is 2. The van der Waals surface area contributed by atoms with E-state index in [2.05, 4.69) is 15.5 Å². The molecule has 0 atom stereocenters. The van der Waals surface area contributed by atoms with Crippen LogP contribution in [0.25, 0.3) is 0 Å². The molecule has 4 nitrogen and oxygen atoms in total. The highest BCUT2D eigenvalue weighted by molar-refractivity contribution is 6.04. The van der Waals surface area contributed by atoms with Gasteiger partial charge in [0.15, 0.2) is 23.3 Å². The van der Waals surface area contributed by atoms with Gasteiger partial charge in [-0.15, -0.1) is 0 Å². The molecule has 1 aromatic heterocycles. The van der Waals surface area contributed by atoms with Gasteiger partial charge in [0.1, 0.15) is 5.82 Å². The molecule has 1 amide bonds. The Hall–Kier alpha value is -2.38. The Morgan fingerprint density at radius 2 is 1.89 bits per heavy atom. The molecule has 0 bridgehead atoms. The molecular formula is C11H7F4N3O. The Morgan fingerprint density at radius 3 is 2.47 bits per heavy atom. The highest BCUT2D eigenvalue weighted by Gasteiger charge is 2.23. The molecule has 0 aliphatic rings. The third-order valence-electron chi connectivity index (χ3n) is 2.41. The number of halogens is 4. The summed E-state index contributed by atoms with van der Waals surface area (Å²) in [6.07, 6.45) is 1.39. The Labute approximate surface area is 104 Å². The maximum Gasteiger partial charge on any atom is 0.260 e. The lowest BCUT2D eigenvalue weighted by Gasteiger charge is -2.06. The monoisotopic (exact) mass is 273 g/mol. The third kappa shape index (κ3) is 2.28. The third-order valence-corrected chi connectivity index (χ3v) is 2.41. The fourth-order valence-electron chi connectivity index (χ4n) is 1.39. The summed E-state index contributed by atoms with van der Waals surface area (Å²) in [7, 11) is 0. The van der Waals surface area contributed by atoms with Gasteiger partial charge >= 0.3 is 0 Å². The van der Waals surface area contributed by atoms with E-state index in [1.165, 1.54) is 6.20 Å². The standard InChI is InChI=1S/C11H7F4N3O/c1-4-3-16-18-10(4)17-11(19)5-2-6(12)8(14)9(15)7(5)13/h2-3H,1H3,(H2,16,17,18,19). The largest absolute Gasteiger partial charge is 0.307 e. The van der Waals surface area contributed by atoms with Crippen LogP contribution in [0.5, 0.6) is 0 Å². The lowest BCUT2D eigenvalue weighted by atomic mass is 10.1. The molecule has 0 aliphatic carbocycles. The molecule has 0 radical (unpaired) electrons. The van der Waals surface area contributed by atoms with Gasteiger partial charge in [-0.3, -0.25) is 9.89 Å². The molecule has 0 spiro atoms. The summed E-state index contributed by atoms with van der Waals surface area (Å²) in [4.78, 5) is 11.6. The highest BCUT2D eigenvalue weighted by Crippen LogP contribution is 2.20. The average Bonchev–Trinajstić information content (AvgIpc) is 2.77. The van der Waals surface area contributed by atoms with E-state index in [-0.39, 0.29) is 11.9 Å². The fraction of sp³-hybridized carbons (Fsp3) is 0.0909. The quantitative estimate of drug-likeness (QED) is 0.502. The number of carbonyl (C=O) groups excluding carboxylic acids is 1. The first-order valence-corrected chi connectivity index (χ1v) is 5.06. The number of aromatic nitrogens is 2. The maximum absolute atomic E-state index is 13.4. The molecule has 0 aliphatic heterocycles. The second-order valence-corrected chi connectivity index (χ2v) is 3.73. The summed E-state index contributed by atoms with van der Waals surface area (Å²) in [5, 5.41) is 8.17. The van der Waals surface area contributed by atoms with Crippen molar-refractivity contribution in [3.8, 4) is 0 Å². The molecule has 0 unspecified atom stereocenters. The summed E-state index contributed by atoms with van der Waals surface area (Å²) < 4.78 is 52.0. The first kappa shape index (κ1) is 13.1. The number of carbonyl (C=O) groups is 1. The van der Waals surface area contributed by atoms with Crippen molar-refractivity contribution < 1.29 is 22.4 Å². The number of nitrogens with one attached hydrogen (secondary N) is 2. The molecule has 2 N–H and O–H groups in total. The van der Waals surface area contributed by atoms with Gasteiger partial charge in [-0.05, 0) is 13.0 Å². The van der Waals surface area contributed by atoms with E-state index in [0.29, 0.717) is 5.56 Å². The zero-order chi connectivity index (χ0) is 14.2. The minimum Gasteiger partial charge on any atom is -0.307 e. The zero-order valence-electron chi connectivity index (χ0n) is 9.52. The molecule has 8 heteroatoms. The minimum absolute atomic E-state index is 0.148. The number of aryl methyl sites for hydroxylation is 1. The van der Waals surface area contributed by atoms with Crippen LogP contribution in [0.4, 0.5) is 23.4 Å². The van der Waals surface area contributed by atoms with E-state index >= 15 is 0 Å². The average molecular weight is 273 g/mol. The molecule has 0 saturated carbocycles. The van der Waals surface area contributed by atoms with Gasteiger partial charge in [0.2, 0.25) is 0 Å². The Morgan fingerprint density at radius 1 is 1.21 bits per heavy atom. The van der Waals surface area contributed by atoms with Gasteiger partial charge in [-0.25, -0.2) is 17.6 Å². The zero-order valence-corrected chi connectivity index (χ0v) is 9.52. The maximum atomic E-state index is 13.4.